The van der Waals surface area contributed by atoms with E-state index < -0.39 is 0 Å². The van der Waals surface area contributed by atoms with E-state index in [0.29, 0.717) is 25.3 Å². The molecule has 134 valence electrons. The van der Waals surface area contributed by atoms with Crippen molar-refractivity contribution in [1.82, 2.24) is 19.7 Å². The number of fused-ring (bicyclic) bond motifs is 1. The molecule has 0 saturated carbocycles. The summed E-state index contributed by atoms with van der Waals surface area (Å²) in [5, 5.41) is 6.50. The molecule has 0 N–H and O–H groups in total. The Bertz CT molecular complexity index is 1050. The van der Waals surface area contributed by atoms with Crippen LogP contribution >= 0.6 is 11.3 Å². The lowest BCUT2D eigenvalue weighted by Gasteiger charge is -2.27. The van der Waals surface area contributed by atoms with Crippen molar-refractivity contribution in [3.63, 3.8) is 0 Å². The summed E-state index contributed by atoms with van der Waals surface area (Å²) in [6.07, 6.45) is 0.674. The van der Waals surface area contributed by atoms with Gasteiger partial charge in [-0.3, -0.25) is 19.0 Å². The molecule has 26 heavy (non-hydrogen) atoms. The number of para-hydroxylation sites is 1. The van der Waals surface area contributed by atoms with E-state index >= 15 is 0 Å². The second-order valence-corrected chi connectivity index (χ2v) is 7.04. The number of benzene rings is 1. The normalized spacial score (nSPS) is 14.3. The van der Waals surface area contributed by atoms with Crippen LogP contribution in [0.2, 0.25) is 0 Å². The number of carbonyl (C=O) groups excluding carboxylic acids is 2. The Morgan fingerprint density at radius 1 is 1.23 bits per heavy atom. The lowest BCUT2D eigenvalue weighted by atomic mass is 10.3. The van der Waals surface area contributed by atoms with E-state index in [2.05, 4.69) is 5.16 Å². The molecule has 1 aromatic carbocycles. The molecule has 3 aromatic rings. The van der Waals surface area contributed by atoms with Gasteiger partial charge in [-0.2, -0.15) is 0 Å². The number of hydrogen-bond acceptors (Lipinski definition) is 6. The van der Waals surface area contributed by atoms with Crippen LogP contribution in [0.25, 0.3) is 10.2 Å². The zero-order valence-corrected chi connectivity index (χ0v) is 14.9. The first-order valence-corrected chi connectivity index (χ1v) is 9.00. The van der Waals surface area contributed by atoms with Crippen LogP contribution in [-0.4, -0.2) is 44.6 Å². The van der Waals surface area contributed by atoms with Gasteiger partial charge in [0.05, 0.1) is 10.2 Å². The number of hydrogen-bond donors (Lipinski definition) is 0. The Hall–Kier alpha value is -2.94. The highest BCUT2D eigenvalue weighted by molar-refractivity contribution is 7.16. The summed E-state index contributed by atoms with van der Waals surface area (Å²) in [7, 11) is 0. The average Bonchev–Trinajstić information content (AvgIpc) is 3.34. The van der Waals surface area contributed by atoms with Crippen molar-refractivity contribution < 1.29 is 14.1 Å². The Kier molecular flexibility index (Phi) is 4.08. The highest BCUT2D eigenvalue weighted by atomic mass is 32.1. The summed E-state index contributed by atoms with van der Waals surface area (Å²) in [4.78, 5) is 37.4. The summed E-state index contributed by atoms with van der Waals surface area (Å²) in [5.41, 5.74) is 0.889. The van der Waals surface area contributed by atoms with E-state index in [-0.39, 0.29) is 28.9 Å². The van der Waals surface area contributed by atoms with Gasteiger partial charge in [-0.15, -0.1) is 0 Å². The smallest absolute Gasteiger partial charge is 0.308 e. The summed E-state index contributed by atoms with van der Waals surface area (Å²) >= 11 is 1.10. The SMILES string of the molecule is Cc1cc(C(=O)N2CCCN2C(=O)Cn2c(=O)sc3ccccc32)no1. The van der Waals surface area contributed by atoms with Crippen LogP contribution in [0.4, 0.5) is 0 Å². The first kappa shape index (κ1) is 16.5. The predicted molar refractivity (Wildman–Crippen MR) is 94.7 cm³/mol. The third kappa shape index (κ3) is 2.80. The van der Waals surface area contributed by atoms with Crippen molar-refractivity contribution in [2.75, 3.05) is 13.1 Å². The summed E-state index contributed by atoms with van der Waals surface area (Å²) in [5.74, 6) is -0.154. The first-order valence-electron chi connectivity index (χ1n) is 8.18. The van der Waals surface area contributed by atoms with Gasteiger partial charge in [0.15, 0.2) is 5.69 Å². The van der Waals surface area contributed by atoms with Crippen LogP contribution in [0.1, 0.15) is 22.7 Å². The molecule has 1 aliphatic rings. The molecule has 0 spiro atoms. The number of carbonyl (C=O) groups is 2. The quantitative estimate of drug-likeness (QED) is 0.697. The van der Waals surface area contributed by atoms with Crippen molar-refractivity contribution in [2.24, 2.45) is 0 Å². The van der Waals surface area contributed by atoms with E-state index in [1.165, 1.54) is 14.6 Å². The van der Waals surface area contributed by atoms with Crippen molar-refractivity contribution in [3.05, 3.63) is 51.5 Å². The fourth-order valence-electron chi connectivity index (χ4n) is 3.06. The molecule has 0 radical (unpaired) electrons. The van der Waals surface area contributed by atoms with E-state index in [4.69, 9.17) is 4.52 Å². The molecule has 1 aliphatic heterocycles. The highest BCUT2D eigenvalue weighted by Crippen LogP contribution is 2.19. The highest BCUT2D eigenvalue weighted by Gasteiger charge is 2.33. The lowest BCUT2D eigenvalue weighted by Crippen LogP contribution is -2.46. The molecule has 3 heterocycles. The summed E-state index contributed by atoms with van der Waals surface area (Å²) in [6, 6.07) is 8.88. The fraction of sp³-hybridized carbons (Fsp3) is 0.294. The molecule has 2 amide bonds. The molecule has 0 bridgehead atoms. The minimum absolute atomic E-state index is 0.107. The maximum absolute atomic E-state index is 12.8. The largest absolute Gasteiger partial charge is 0.361 e. The van der Waals surface area contributed by atoms with Crippen LogP contribution in [0.15, 0.2) is 39.6 Å². The zero-order valence-electron chi connectivity index (χ0n) is 14.0. The molecule has 0 aliphatic carbocycles. The van der Waals surface area contributed by atoms with Crippen LogP contribution in [0, 0.1) is 6.92 Å². The molecule has 0 unspecified atom stereocenters. The zero-order chi connectivity index (χ0) is 18.3. The van der Waals surface area contributed by atoms with Crippen molar-refractivity contribution >= 4 is 33.4 Å². The van der Waals surface area contributed by atoms with Crippen molar-refractivity contribution in [2.45, 2.75) is 19.9 Å². The van der Waals surface area contributed by atoms with Gasteiger partial charge in [-0.25, -0.2) is 10.0 Å². The Labute approximate surface area is 152 Å². The summed E-state index contributed by atoms with van der Waals surface area (Å²) in [6.45, 7) is 2.45. The molecular weight excluding hydrogens is 356 g/mol. The van der Waals surface area contributed by atoms with Gasteiger partial charge in [0.2, 0.25) is 0 Å². The van der Waals surface area contributed by atoms with Gasteiger partial charge < -0.3 is 4.52 Å². The van der Waals surface area contributed by atoms with E-state index in [9.17, 15) is 14.4 Å². The molecular formula is C17H16N4O4S. The third-order valence-electron chi connectivity index (χ3n) is 4.27. The first-order chi connectivity index (χ1) is 12.5. The number of nitrogens with zero attached hydrogens (tertiary/aromatic N) is 4. The van der Waals surface area contributed by atoms with Gasteiger partial charge in [0.25, 0.3) is 11.8 Å². The Morgan fingerprint density at radius 2 is 2.00 bits per heavy atom. The molecule has 0 atom stereocenters. The number of amides is 2. The number of aryl methyl sites for hydroxylation is 1. The Balaban J connectivity index is 1.58. The predicted octanol–water partition coefficient (Wildman–Crippen LogP) is 1.65. The minimum atomic E-state index is -0.379. The molecule has 9 heteroatoms. The average molecular weight is 372 g/mol. The van der Waals surface area contributed by atoms with Crippen LogP contribution in [-0.2, 0) is 11.3 Å². The number of thiazole rings is 1. The molecule has 1 fully saturated rings. The molecule has 1 saturated heterocycles. The van der Waals surface area contributed by atoms with Crippen LogP contribution in [0.3, 0.4) is 0 Å². The fourth-order valence-corrected chi connectivity index (χ4v) is 3.95. The second-order valence-electron chi connectivity index (χ2n) is 6.04. The van der Waals surface area contributed by atoms with Crippen LogP contribution in [0.5, 0.6) is 0 Å². The monoisotopic (exact) mass is 372 g/mol. The maximum Gasteiger partial charge on any atom is 0.308 e. The second kappa shape index (κ2) is 6.41. The van der Waals surface area contributed by atoms with Crippen molar-refractivity contribution in [3.8, 4) is 0 Å². The maximum atomic E-state index is 12.8. The van der Waals surface area contributed by atoms with Gasteiger partial charge in [0, 0.05) is 19.2 Å². The molecule has 2 aromatic heterocycles. The van der Waals surface area contributed by atoms with Crippen LogP contribution < -0.4 is 4.87 Å². The van der Waals surface area contributed by atoms with Crippen molar-refractivity contribution in [1.29, 1.82) is 0 Å². The topological polar surface area (TPSA) is 88.7 Å². The lowest BCUT2D eigenvalue weighted by molar-refractivity contribution is -0.141. The Morgan fingerprint density at radius 3 is 2.77 bits per heavy atom. The number of aromatic nitrogens is 2. The van der Waals surface area contributed by atoms with Gasteiger partial charge in [0.1, 0.15) is 12.3 Å². The number of rotatable bonds is 3. The molecule has 4 rings (SSSR count). The van der Waals surface area contributed by atoms with E-state index in [1.807, 2.05) is 24.3 Å². The van der Waals surface area contributed by atoms with Gasteiger partial charge in [-0.05, 0) is 25.5 Å². The van der Waals surface area contributed by atoms with E-state index in [0.717, 1.165) is 21.6 Å². The summed E-state index contributed by atoms with van der Waals surface area (Å²) < 4.78 is 7.22. The molecule has 8 nitrogen and oxygen atoms in total. The van der Waals surface area contributed by atoms with E-state index in [1.54, 1.807) is 13.0 Å². The number of hydrazine groups is 1. The van der Waals surface area contributed by atoms with Gasteiger partial charge >= 0.3 is 4.87 Å². The standard InChI is InChI=1S/C17H16N4O4S/c1-11-9-12(18-25-11)16(23)21-8-4-7-20(21)15(22)10-19-13-5-2-3-6-14(13)26-17(19)24/h2-3,5-6,9H,4,7-8,10H2,1H3. The van der Waals surface area contributed by atoms with Gasteiger partial charge in [-0.1, -0.05) is 28.6 Å². The third-order valence-corrected chi connectivity index (χ3v) is 5.23. The minimum Gasteiger partial charge on any atom is -0.361 e.